The molecule has 1 aromatic heterocycles. The van der Waals surface area contributed by atoms with Crippen molar-refractivity contribution >= 4 is 11.9 Å². The molecule has 0 saturated heterocycles. The Balaban J connectivity index is 1.69. The average Bonchev–Trinajstić information content (AvgIpc) is 3.28. The molecule has 168 valence electrons. The second-order valence-electron chi connectivity index (χ2n) is 11.5. The van der Waals surface area contributed by atoms with Crippen molar-refractivity contribution in [3.63, 3.8) is 0 Å². The van der Waals surface area contributed by atoms with Crippen LogP contribution in [0.5, 0.6) is 0 Å². The maximum atomic E-state index is 12.2. The van der Waals surface area contributed by atoms with Crippen LogP contribution in [0.4, 0.5) is 0 Å². The van der Waals surface area contributed by atoms with E-state index in [4.69, 9.17) is 9.26 Å². The molecule has 2 aliphatic carbocycles. The normalized spacial score (nSPS) is 23.0. The van der Waals surface area contributed by atoms with Crippen molar-refractivity contribution < 1.29 is 24.0 Å². The molecule has 1 atom stereocenters. The molecular weight excluding hydrogens is 382 g/mol. The molecule has 2 aliphatic rings. The zero-order valence-electron chi connectivity index (χ0n) is 19.3. The van der Waals surface area contributed by atoms with Crippen LogP contribution in [0.3, 0.4) is 0 Å². The quantitative estimate of drug-likeness (QED) is 0.563. The van der Waals surface area contributed by atoms with Crippen LogP contribution in [0.1, 0.15) is 109 Å². The van der Waals surface area contributed by atoms with E-state index in [1.54, 1.807) is 20.8 Å². The Morgan fingerprint density at radius 2 is 1.77 bits per heavy atom. The van der Waals surface area contributed by atoms with Crippen LogP contribution in [0.2, 0.25) is 0 Å². The number of carboxylic acid groups (broad SMARTS) is 1. The summed E-state index contributed by atoms with van der Waals surface area (Å²) in [6.07, 6.45) is 5.70. The van der Waals surface area contributed by atoms with E-state index < -0.39 is 23.5 Å². The van der Waals surface area contributed by atoms with Gasteiger partial charge in [-0.05, 0) is 70.1 Å². The molecule has 0 aromatic carbocycles. The molecule has 3 rings (SSSR count). The van der Waals surface area contributed by atoms with Crippen molar-refractivity contribution in [3.8, 4) is 0 Å². The highest BCUT2D eigenvalue weighted by atomic mass is 16.6. The van der Waals surface area contributed by atoms with E-state index in [0.717, 1.165) is 48.6 Å². The first-order valence-electron chi connectivity index (χ1n) is 11.3. The topological polar surface area (TPSA) is 89.6 Å². The molecule has 1 N–H and O–H groups in total. The lowest BCUT2D eigenvalue weighted by Crippen LogP contribution is -2.28. The summed E-state index contributed by atoms with van der Waals surface area (Å²) in [5.74, 6) is 0.165. The largest absolute Gasteiger partial charge is 0.481 e. The number of rotatable bonds is 8. The highest BCUT2D eigenvalue weighted by molar-refractivity contribution is 5.79. The fourth-order valence-electron chi connectivity index (χ4n) is 4.64. The molecule has 0 radical (unpaired) electrons. The van der Waals surface area contributed by atoms with Gasteiger partial charge >= 0.3 is 11.9 Å². The van der Waals surface area contributed by atoms with Gasteiger partial charge < -0.3 is 14.4 Å². The van der Waals surface area contributed by atoms with Gasteiger partial charge in [0.2, 0.25) is 0 Å². The highest BCUT2D eigenvalue weighted by Gasteiger charge is 2.41. The van der Waals surface area contributed by atoms with Crippen molar-refractivity contribution in [1.82, 2.24) is 5.16 Å². The van der Waals surface area contributed by atoms with Crippen LogP contribution in [-0.4, -0.2) is 27.8 Å². The smallest absolute Gasteiger partial charge is 0.307 e. The fraction of sp³-hybridized carbons (Fsp3) is 0.792. The van der Waals surface area contributed by atoms with E-state index in [-0.39, 0.29) is 12.8 Å². The second kappa shape index (κ2) is 8.35. The SMILES string of the molecule is CC(C)(C)CC1CC(c2onc(C[C@H](CC(=O)OC(C)(C)C)C(=O)O)c2C2CC2)C1. The number of ether oxygens (including phenoxy) is 1. The Bertz CT molecular complexity index is 772. The second-order valence-corrected chi connectivity index (χ2v) is 11.5. The molecule has 0 aliphatic heterocycles. The minimum absolute atomic E-state index is 0.157. The Labute approximate surface area is 179 Å². The van der Waals surface area contributed by atoms with Gasteiger partial charge in [0, 0.05) is 17.9 Å². The van der Waals surface area contributed by atoms with Gasteiger partial charge in [-0.1, -0.05) is 25.9 Å². The fourth-order valence-corrected chi connectivity index (χ4v) is 4.64. The zero-order chi connectivity index (χ0) is 22.3. The number of carbonyl (C=O) groups is 2. The molecule has 1 aromatic rings. The molecule has 0 bridgehead atoms. The molecule has 0 amide bonds. The standard InChI is InChI=1S/C24H37NO5/c1-23(2,3)13-14-9-16(10-14)21-20(15-7-8-15)18(25-30-21)11-17(22(27)28)12-19(26)29-24(4,5)6/h14-17H,7-13H2,1-6H3,(H,27,28)/t14?,16?,17-/m1/s1. The van der Waals surface area contributed by atoms with E-state index in [2.05, 4.69) is 25.9 Å². The lowest BCUT2D eigenvalue weighted by atomic mass is 9.67. The van der Waals surface area contributed by atoms with Crippen molar-refractivity contribution in [1.29, 1.82) is 0 Å². The van der Waals surface area contributed by atoms with Gasteiger partial charge in [-0.2, -0.15) is 0 Å². The maximum absolute atomic E-state index is 12.2. The van der Waals surface area contributed by atoms with Crippen LogP contribution in [0.15, 0.2) is 4.52 Å². The molecule has 0 spiro atoms. The van der Waals surface area contributed by atoms with E-state index in [1.165, 1.54) is 6.42 Å². The van der Waals surface area contributed by atoms with Crippen molar-refractivity contribution in [2.45, 2.75) is 104 Å². The van der Waals surface area contributed by atoms with Crippen LogP contribution in [0.25, 0.3) is 0 Å². The summed E-state index contributed by atoms with van der Waals surface area (Å²) in [5, 5.41) is 14.0. The minimum Gasteiger partial charge on any atom is -0.481 e. The monoisotopic (exact) mass is 419 g/mol. The third-order valence-electron chi connectivity index (χ3n) is 5.95. The van der Waals surface area contributed by atoms with Gasteiger partial charge in [0.1, 0.15) is 11.4 Å². The van der Waals surface area contributed by atoms with Gasteiger partial charge in [0.15, 0.2) is 0 Å². The Kier molecular flexibility index (Phi) is 6.35. The van der Waals surface area contributed by atoms with Gasteiger partial charge in [-0.25, -0.2) is 0 Å². The summed E-state index contributed by atoms with van der Waals surface area (Å²) in [7, 11) is 0. The summed E-state index contributed by atoms with van der Waals surface area (Å²) in [6.45, 7) is 12.2. The number of carboxylic acids is 1. The van der Waals surface area contributed by atoms with Crippen LogP contribution >= 0.6 is 0 Å². The van der Waals surface area contributed by atoms with Crippen LogP contribution in [-0.2, 0) is 20.7 Å². The predicted molar refractivity (Wildman–Crippen MR) is 113 cm³/mol. The molecule has 6 heteroatoms. The number of esters is 1. The zero-order valence-corrected chi connectivity index (χ0v) is 19.3. The minimum atomic E-state index is -0.999. The molecule has 6 nitrogen and oxygen atoms in total. The van der Waals surface area contributed by atoms with Crippen molar-refractivity contribution in [2.75, 3.05) is 0 Å². The average molecular weight is 420 g/mol. The maximum Gasteiger partial charge on any atom is 0.307 e. The molecule has 1 heterocycles. The number of carbonyl (C=O) groups excluding carboxylic acids is 1. The summed E-state index contributed by atoms with van der Waals surface area (Å²) in [4.78, 5) is 24.0. The lowest BCUT2D eigenvalue weighted by Gasteiger charge is -2.38. The van der Waals surface area contributed by atoms with E-state index in [9.17, 15) is 14.7 Å². The van der Waals surface area contributed by atoms with Gasteiger partial charge in [0.25, 0.3) is 0 Å². The molecular formula is C24H37NO5. The number of nitrogens with zero attached hydrogens (tertiary/aromatic N) is 1. The summed E-state index contributed by atoms with van der Waals surface area (Å²) < 4.78 is 11.1. The van der Waals surface area contributed by atoms with Gasteiger partial charge in [0.05, 0.1) is 18.0 Å². The Morgan fingerprint density at radius 3 is 2.27 bits per heavy atom. The summed E-state index contributed by atoms with van der Waals surface area (Å²) >= 11 is 0. The number of aromatic nitrogens is 1. The van der Waals surface area contributed by atoms with Crippen molar-refractivity contribution in [2.24, 2.45) is 17.3 Å². The van der Waals surface area contributed by atoms with Crippen molar-refractivity contribution in [3.05, 3.63) is 17.0 Å². The predicted octanol–water partition coefficient (Wildman–Crippen LogP) is 5.46. The first-order valence-corrected chi connectivity index (χ1v) is 11.3. The Hall–Kier alpha value is -1.85. The number of hydrogen-bond acceptors (Lipinski definition) is 5. The van der Waals surface area contributed by atoms with E-state index in [1.807, 2.05) is 0 Å². The van der Waals surface area contributed by atoms with E-state index >= 15 is 0 Å². The van der Waals surface area contributed by atoms with Gasteiger partial charge in [-0.3, -0.25) is 9.59 Å². The molecule has 2 fully saturated rings. The summed E-state index contributed by atoms with van der Waals surface area (Å²) in [5.41, 5.74) is 1.55. The third-order valence-corrected chi connectivity index (χ3v) is 5.95. The van der Waals surface area contributed by atoms with Gasteiger partial charge in [-0.15, -0.1) is 0 Å². The van der Waals surface area contributed by atoms with Crippen LogP contribution in [0, 0.1) is 17.3 Å². The van der Waals surface area contributed by atoms with Crippen LogP contribution < -0.4 is 0 Å². The number of aliphatic carboxylic acids is 1. The van der Waals surface area contributed by atoms with E-state index in [0.29, 0.717) is 17.3 Å². The highest BCUT2D eigenvalue weighted by Crippen LogP contribution is 2.52. The molecule has 30 heavy (non-hydrogen) atoms. The third kappa shape index (κ3) is 6.08. The lowest BCUT2D eigenvalue weighted by molar-refractivity contribution is -0.159. The summed E-state index contributed by atoms with van der Waals surface area (Å²) in [6, 6.07) is 0. The Morgan fingerprint density at radius 1 is 1.13 bits per heavy atom. The first kappa shape index (κ1) is 22.8. The number of hydrogen-bond donors (Lipinski definition) is 1. The first-order chi connectivity index (χ1) is 13.8. The molecule has 0 unspecified atom stereocenters. The molecule has 2 saturated carbocycles.